The minimum Gasteiger partial charge on any atom is -0.336 e. The first-order valence-corrected chi connectivity index (χ1v) is 9.35. The van der Waals surface area contributed by atoms with Gasteiger partial charge >= 0.3 is 0 Å². The third-order valence-electron chi connectivity index (χ3n) is 5.24. The molecule has 2 aromatic heterocycles. The van der Waals surface area contributed by atoms with Gasteiger partial charge in [0.05, 0.1) is 10.2 Å². The zero-order chi connectivity index (χ0) is 17.0. The molecular formula is C19H17N3O2S. The van der Waals surface area contributed by atoms with Crippen LogP contribution in [0.2, 0.25) is 0 Å². The molecular weight excluding hydrogens is 334 g/mol. The maximum absolute atomic E-state index is 13.0. The van der Waals surface area contributed by atoms with Gasteiger partial charge in [-0.3, -0.25) is 9.59 Å². The van der Waals surface area contributed by atoms with E-state index in [9.17, 15) is 9.59 Å². The van der Waals surface area contributed by atoms with Crippen LogP contribution in [-0.2, 0) is 6.54 Å². The molecule has 1 amide bonds. The van der Waals surface area contributed by atoms with Crippen molar-refractivity contribution in [3.05, 3.63) is 63.5 Å². The number of carbonyl (C=O) groups is 1. The third kappa shape index (κ3) is 2.40. The maximum Gasteiger partial charge on any atom is 0.282 e. The van der Waals surface area contributed by atoms with Gasteiger partial charge in [0.1, 0.15) is 0 Å². The highest BCUT2D eigenvalue weighted by Crippen LogP contribution is 2.36. The fraction of sp³-hybridized carbons (Fsp3) is 0.316. The van der Waals surface area contributed by atoms with Gasteiger partial charge in [0.2, 0.25) is 0 Å². The number of piperidine rings is 1. The third-order valence-corrected chi connectivity index (χ3v) is 6.27. The quantitative estimate of drug-likeness (QED) is 0.677. The van der Waals surface area contributed by atoms with Crippen LogP contribution < -0.4 is 5.56 Å². The van der Waals surface area contributed by atoms with Crippen LogP contribution in [0.4, 0.5) is 0 Å². The van der Waals surface area contributed by atoms with Gasteiger partial charge in [-0.1, -0.05) is 18.2 Å². The summed E-state index contributed by atoms with van der Waals surface area (Å²) in [5.41, 5.74) is 2.01. The number of likely N-dealkylation sites (tertiary alicyclic amines) is 1. The van der Waals surface area contributed by atoms with Crippen molar-refractivity contribution in [2.45, 2.75) is 18.9 Å². The molecule has 2 aliphatic heterocycles. The summed E-state index contributed by atoms with van der Waals surface area (Å²) in [6.45, 7) is 2.07. The molecule has 3 aromatic rings. The highest BCUT2D eigenvalue weighted by molar-refractivity contribution is 7.20. The van der Waals surface area contributed by atoms with Crippen LogP contribution in [0, 0.1) is 5.92 Å². The van der Waals surface area contributed by atoms with Crippen LogP contribution in [0.3, 0.4) is 0 Å². The molecule has 0 radical (unpaired) electrons. The summed E-state index contributed by atoms with van der Waals surface area (Å²) in [7, 11) is 0. The molecule has 4 heterocycles. The Balaban J connectivity index is 1.46. The molecule has 6 heteroatoms. The lowest BCUT2D eigenvalue weighted by Gasteiger charge is -2.42. The summed E-state index contributed by atoms with van der Waals surface area (Å²) in [5.74, 6) is 0.590. The topological polar surface area (TPSA) is 55.2 Å². The highest BCUT2D eigenvalue weighted by Gasteiger charge is 2.37. The number of carbonyl (C=O) groups excluding carboxylic acids is 1. The second-order valence-electron chi connectivity index (χ2n) is 6.90. The summed E-state index contributed by atoms with van der Waals surface area (Å²) in [4.78, 5) is 31.5. The molecule has 0 aliphatic carbocycles. The number of hydrogen-bond acceptors (Lipinski definition) is 4. The summed E-state index contributed by atoms with van der Waals surface area (Å²) in [6, 6.07) is 13.3. The second-order valence-corrected chi connectivity index (χ2v) is 7.93. The molecule has 0 unspecified atom stereocenters. The number of aromatic nitrogens is 2. The predicted molar refractivity (Wildman–Crippen MR) is 97.1 cm³/mol. The smallest absolute Gasteiger partial charge is 0.282 e. The van der Waals surface area contributed by atoms with Crippen molar-refractivity contribution >= 4 is 27.5 Å². The predicted octanol–water partition coefficient (Wildman–Crippen LogP) is 2.72. The zero-order valence-electron chi connectivity index (χ0n) is 13.6. The van der Waals surface area contributed by atoms with Gasteiger partial charge in [0, 0.05) is 37.3 Å². The summed E-state index contributed by atoms with van der Waals surface area (Å²) < 4.78 is 2.93. The van der Waals surface area contributed by atoms with E-state index in [0.29, 0.717) is 30.6 Å². The summed E-state index contributed by atoms with van der Waals surface area (Å²) in [6.07, 6.45) is 1.05. The Hall–Kier alpha value is -2.47. The fourth-order valence-electron chi connectivity index (χ4n) is 4.16. The first kappa shape index (κ1) is 14.8. The van der Waals surface area contributed by atoms with Crippen molar-refractivity contribution in [1.82, 2.24) is 14.5 Å². The Morgan fingerprint density at radius 2 is 1.96 bits per heavy atom. The molecule has 1 aromatic carbocycles. The fourth-order valence-corrected chi connectivity index (χ4v) is 5.09. The zero-order valence-corrected chi connectivity index (χ0v) is 14.4. The second kappa shape index (κ2) is 5.52. The number of rotatable bonds is 1. The van der Waals surface area contributed by atoms with Gasteiger partial charge in [-0.25, -0.2) is 4.98 Å². The maximum atomic E-state index is 13.0. The van der Waals surface area contributed by atoms with Crippen LogP contribution in [0.15, 0.2) is 47.3 Å². The van der Waals surface area contributed by atoms with Crippen molar-refractivity contribution in [3.8, 4) is 0 Å². The van der Waals surface area contributed by atoms with Gasteiger partial charge in [-0.05, 0) is 30.5 Å². The normalized spacial score (nSPS) is 22.0. The van der Waals surface area contributed by atoms with E-state index in [1.165, 1.54) is 11.3 Å². The number of pyridine rings is 1. The minimum absolute atomic E-state index is 0.0163. The Morgan fingerprint density at radius 1 is 1.08 bits per heavy atom. The average molecular weight is 351 g/mol. The molecule has 25 heavy (non-hydrogen) atoms. The summed E-state index contributed by atoms with van der Waals surface area (Å²) >= 11 is 1.46. The van der Waals surface area contributed by atoms with Crippen LogP contribution in [0.25, 0.3) is 10.2 Å². The number of para-hydroxylation sites is 1. The first-order valence-electron chi connectivity index (χ1n) is 8.53. The Morgan fingerprint density at radius 3 is 2.84 bits per heavy atom. The average Bonchev–Trinajstić information content (AvgIpc) is 3.06. The molecule has 1 fully saturated rings. The minimum atomic E-state index is 0.0163. The number of amides is 1. The molecule has 0 N–H and O–H groups in total. The van der Waals surface area contributed by atoms with Crippen molar-refractivity contribution in [2.75, 3.05) is 13.1 Å². The van der Waals surface area contributed by atoms with E-state index in [1.54, 1.807) is 6.07 Å². The number of benzene rings is 1. The van der Waals surface area contributed by atoms with E-state index in [1.807, 2.05) is 45.9 Å². The van der Waals surface area contributed by atoms with E-state index >= 15 is 0 Å². The van der Waals surface area contributed by atoms with Crippen molar-refractivity contribution in [2.24, 2.45) is 5.92 Å². The SMILES string of the molecule is O=C(c1nc2ccccc2s1)N1C[C@H]2C[C@H](C1)c1cccc(=O)n1C2. The lowest BCUT2D eigenvalue weighted by Crippen LogP contribution is -2.49. The van der Waals surface area contributed by atoms with Crippen molar-refractivity contribution in [1.29, 1.82) is 0 Å². The number of hydrogen-bond donors (Lipinski definition) is 0. The van der Waals surface area contributed by atoms with Crippen molar-refractivity contribution < 1.29 is 4.79 Å². The number of fused-ring (bicyclic) bond motifs is 5. The van der Waals surface area contributed by atoms with Crippen LogP contribution in [0.5, 0.6) is 0 Å². The molecule has 2 atom stereocenters. The van der Waals surface area contributed by atoms with E-state index in [4.69, 9.17) is 0 Å². The summed E-state index contributed by atoms with van der Waals surface area (Å²) in [5, 5.41) is 0.562. The molecule has 2 aliphatic rings. The Labute approximate surface area is 148 Å². The Bertz CT molecular complexity index is 1010. The number of thiazole rings is 1. The van der Waals surface area contributed by atoms with Crippen LogP contribution >= 0.6 is 11.3 Å². The standard InChI is InChI=1S/C19H17N3O2S/c23-17-7-3-5-15-13-8-12(10-22(15)17)9-21(11-13)19(24)18-20-14-4-1-2-6-16(14)25-18/h1-7,12-13H,8-11H2/t12-,13-/m1/s1. The molecule has 0 spiro atoms. The number of nitrogens with zero attached hydrogens (tertiary/aromatic N) is 3. The first-order chi connectivity index (χ1) is 12.2. The van der Waals surface area contributed by atoms with E-state index in [-0.39, 0.29) is 17.4 Å². The van der Waals surface area contributed by atoms with E-state index < -0.39 is 0 Å². The van der Waals surface area contributed by atoms with Gasteiger partial charge in [-0.2, -0.15) is 0 Å². The highest BCUT2D eigenvalue weighted by atomic mass is 32.1. The van der Waals surface area contributed by atoms with E-state index in [2.05, 4.69) is 4.98 Å². The lowest BCUT2D eigenvalue weighted by atomic mass is 9.83. The van der Waals surface area contributed by atoms with Gasteiger partial charge in [0.15, 0.2) is 5.01 Å². The monoisotopic (exact) mass is 351 g/mol. The van der Waals surface area contributed by atoms with Crippen LogP contribution in [0.1, 0.15) is 27.8 Å². The van der Waals surface area contributed by atoms with Crippen molar-refractivity contribution in [3.63, 3.8) is 0 Å². The van der Waals surface area contributed by atoms with E-state index in [0.717, 1.165) is 22.3 Å². The largest absolute Gasteiger partial charge is 0.336 e. The Kier molecular flexibility index (Phi) is 3.28. The van der Waals surface area contributed by atoms with Gasteiger partial charge in [0.25, 0.3) is 11.5 Å². The van der Waals surface area contributed by atoms with Gasteiger partial charge in [-0.15, -0.1) is 11.3 Å². The molecule has 5 nitrogen and oxygen atoms in total. The molecule has 126 valence electrons. The van der Waals surface area contributed by atoms with Gasteiger partial charge < -0.3 is 9.47 Å². The molecule has 1 saturated heterocycles. The lowest BCUT2D eigenvalue weighted by molar-refractivity contribution is 0.0594. The van der Waals surface area contributed by atoms with Crippen LogP contribution in [-0.4, -0.2) is 33.4 Å². The molecule has 2 bridgehead atoms. The molecule has 0 saturated carbocycles. The molecule has 5 rings (SSSR count).